The molecule has 1 N–H and O–H groups in total. The zero-order valence-electron chi connectivity index (χ0n) is 12.7. The van der Waals surface area contributed by atoms with Gasteiger partial charge in [-0.25, -0.2) is 0 Å². The summed E-state index contributed by atoms with van der Waals surface area (Å²) < 4.78 is 0. The van der Waals surface area contributed by atoms with Crippen LogP contribution in [0.15, 0.2) is 18.2 Å². The Bertz CT molecular complexity index is 542. The first-order valence-electron chi connectivity index (χ1n) is 7.29. The normalized spacial score (nSPS) is 12.6. The van der Waals surface area contributed by atoms with Crippen molar-refractivity contribution in [2.45, 2.75) is 46.6 Å². The zero-order chi connectivity index (χ0) is 14.5. The maximum Gasteiger partial charge on any atom is 0.147 e. The molecule has 0 bridgehead atoms. The van der Waals surface area contributed by atoms with E-state index in [0.717, 1.165) is 29.4 Å². The molecule has 0 aliphatic rings. The molecule has 2 rings (SSSR count). The highest BCUT2D eigenvalue weighted by molar-refractivity contribution is 7.14. The monoisotopic (exact) mass is 289 g/mol. The van der Waals surface area contributed by atoms with Gasteiger partial charge in [0.15, 0.2) is 0 Å². The molecular formula is C16H23N3S. The molecule has 1 atom stereocenters. The molecule has 0 amide bonds. The number of nitrogens with one attached hydrogen (secondary N) is 1. The Hall–Kier alpha value is -1.26. The second-order valence-corrected chi connectivity index (χ2v) is 6.25. The maximum absolute atomic E-state index is 4.38. The lowest BCUT2D eigenvalue weighted by atomic mass is 10.1. The second-order valence-electron chi connectivity index (χ2n) is 5.24. The maximum atomic E-state index is 4.38. The highest BCUT2D eigenvalue weighted by Crippen LogP contribution is 2.29. The van der Waals surface area contributed by atoms with Gasteiger partial charge in [0.25, 0.3) is 0 Å². The van der Waals surface area contributed by atoms with Crippen molar-refractivity contribution in [1.29, 1.82) is 0 Å². The standard InChI is InChI=1S/C16H23N3S/c1-5-7-17-14(6-2)16-19-18-15(20-16)13-9-11(3)8-12(4)10-13/h8-10,14,17H,5-7H2,1-4H3. The Morgan fingerprint density at radius 1 is 1.10 bits per heavy atom. The summed E-state index contributed by atoms with van der Waals surface area (Å²) in [5.74, 6) is 0. The third-order valence-corrected chi connectivity index (χ3v) is 4.34. The molecular weight excluding hydrogens is 266 g/mol. The fraction of sp³-hybridized carbons (Fsp3) is 0.500. The first kappa shape index (κ1) is 15.1. The van der Waals surface area contributed by atoms with Gasteiger partial charge in [-0.1, -0.05) is 42.4 Å². The van der Waals surface area contributed by atoms with E-state index in [-0.39, 0.29) is 0 Å². The molecule has 2 aromatic rings. The van der Waals surface area contributed by atoms with Crippen molar-refractivity contribution in [2.24, 2.45) is 0 Å². The molecule has 108 valence electrons. The topological polar surface area (TPSA) is 37.8 Å². The average molecular weight is 289 g/mol. The largest absolute Gasteiger partial charge is 0.308 e. The second kappa shape index (κ2) is 6.95. The highest BCUT2D eigenvalue weighted by atomic mass is 32.1. The Kier molecular flexibility index (Phi) is 5.26. The Morgan fingerprint density at radius 2 is 1.80 bits per heavy atom. The van der Waals surface area contributed by atoms with Gasteiger partial charge >= 0.3 is 0 Å². The van der Waals surface area contributed by atoms with Crippen molar-refractivity contribution in [3.8, 4) is 10.6 Å². The van der Waals surface area contributed by atoms with Gasteiger partial charge in [0.1, 0.15) is 10.0 Å². The quantitative estimate of drug-likeness (QED) is 0.863. The molecule has 20 heavy (non-hydrogen) atoms. The van der Waals surface area contributed by atoms with Crippen molar-refractivity contribution in [1.82, 2.24) is 15.5 Å². The van der Waals surface area contributed by atoms with Crippen LogP contribution in [0, 0.1) is 13.8 Å². The minimum atomic E-state index is 0.326. The van der Waals surface area contributed by atoms with Gasteiger partial charge in [0.2, 0.25) is 0 Å². The predicted octanol–water partition coefficient (Wildman–Crippen LogP) is 4.27. The molecule has 1 unspecified atom stereocenters. The first-order chi connectivity index (χ1) is 9.63. The number of hydrogen-bond donors (Lipinski definition) is 1. The first-order valence-corrected chi connectivity index (χ1v) is 8.11. The summed E-state index contributed by atoms with van der Waals surface area (Å²) in [5, 5.41) is 14.4. The Balaban J connectivity index is 2.23. The molecule has 3 nitrogen and oxygen atoms in total. The van der Waals surface area contributed by atoms with E-state index in [1.165, 1.54) is 16.7 Å². The third kappa shape index (κ3) is 3.64. The van der Waals surface area contributed by atoms with E-state index in [2.05, 4.69) is 61.4 Å². The molecule has 1 heterocycles. The molecule has 0 saturated heterocycles. The molecule has 0 radical (unpaired) electrons. The molecule has 0 aliphatic heterocycles. The lowest BCUT2D eigenvalue weighted by molar-refractivity contribution is 0.513. The van der Waals surface area contributed by atoms with E-state index in [4.69, 9.17) is 0 Å². The number of aryl methyl sites for hydroxylation is 2. The molecule has 0 fully saturated rings. The van der Waals surface area contributed by atoms with Gasteiger partial charge in [-0.2, -0.15) is 0 Å². The van der Waals surface area contributed by atoms with Crippen LogP contribution in [0.1, 0.15) is 48.9 Å². The Labute approximate surface area is 125 Å². The van der Waals surface area contributed by atoms with Crippen LogP contribution in [0.4, 0.5) is 0 Å². The summed E-state index contributed by atoms with van der Waals surface area (Å²) in [6, 6.07) is 6.87. The van der Waals surface area contributed by atoms with Crippen molar-refractivity contribution in [2.75, 3.05) is 6.54 Å². The summed E-state index contributed by atoms with van der Waals surface area (Å²) in [6.07, 6.45) is 2.18. The molecule has 0 saturated carbocycles. The number of hydrogen-bond acceptors (Lipinski definition) is 4. The lowest BCUT2D eigenvalue weighted by Gasteiger charge is -2.12. The third-order valence-electron chi connectivity index (χ3n) is 3.26. The summed E-state index contributed by atoms with van der Waals surface area (Å²) in [6.45, 7) is 9.63. The van der Waals surface area contributed by atoms with Crippen molar-refractivity contribution in [3.63, 3.8) is 0 Å². The van der Waals surface area contributed by atoms with Crippen LogP contribution < -0.4 is 5.32 Å². The minimum absolute atomic E-state index is 0.326. The summed E-state index contributed by atoms with van der Waals surface area (Å²) >= 11 is 1.70. The van der Waals surface area contributed by atoms with Gasteiger partial charge in [-0.05, 0) is 45.4 Å². The molecule has 0 spiro atoms. The number of benzene rings is 1. The van der Waals surface area contributed by atoms with Crippen molar-refractivity contribution in [3.05, 3.63) is 34.3 Å². The number of nitrogens with zero attached hydrogens (tertiary/aromatic N) is 2. The zero-order valence-corrected chi connectivity index (χ0v) is 13.5. The Morgan fingerprint density at radius 3 is 2.40 bits per heavy atom. The fourth-order valence-electron chi connectivity index (χ4n) is 2.32. The molecule has 1 aromatic heterocycles. The van der Waals surface area contributed by atoms with Crippen LogP contribution >= 0.6 is 11.3 Å². The number of aromatic nitrogens is 2. The number of rotatable bonds is 6. The summed E-state index contributed by atoms with van der Waals surface area (Å²) in [5.41, 5.74) is 3.72. The molecule has 1 aromatic carbocycles. The average Bonchev–Trinajstić information content (AvgIpc) is 2.88. The van der Waals surface area contributed by atoms with Crippen LogP contribution in [0.5, 0.6) is 0 Å². The van der Waals surface area contributed by atoms with E-state index in [1.54, 1.807) is 11.3 Å². The smallest absolute Gasteiger partial charge is 0.147 e. The predicted molar refractivity (Wildman–Crippen MR) is 86.1 cm³/mol. The fourth-order valence-corrected chi connectivity index (χ4v) is 3.30. The summed E-state index contributed by atoms with van der Waals surface area (Å²) in [4.78, 5) is 0. The van der Waals surface area contributed by atoms with Gasteiger partial charge in [-0.3, -0.25) is 0 Å². The molecule has 0 aliphatic carbocycles. The van der Waals surface area contributed by atoms with Gasteiger partial charge in [0, 0.05) is 5.56 Å². The van der Waals surface area contributed by atoms with Gasteiger partial charge in [-0.15, -0.1) is 10.2 Å². The SMILES string of the molecule is CCCNC(CC)c1nnc(-c2cc(C)cc(C)c2)s1. The molecule has 4 heteroatoms. The van der Waals surface area contributed by atoms with Crippen LogP contribution in [-0.2, 0) is 0 Å². The van der Waals surface area contributed by atoms with E-state index in [9.17, 15) is 0 Å². The highest BCUT2D eigenvalue weighted by Gasteiger charge is 2.15. The van der Waals surface area contributed by atoms with Crippen LogP contribution in [0.3, 0.4) is 0 Å². The van der Waals surface area contributed by atoms with Gasteiger partial charge < -0.3 is 5.32 Å². The summed E-state index contributed by atoms with van der Waals surface area (Å²) in [7, 11) is 0. The minimum Gasteiger partial charge on any atom is -0.308 e. The van der Waals surface area contributed by atoms with E-state index >= 15 is 0 Å². The van der Waals surface area contributed by atoms with E-state index in [1.807, 2.05) is 0 Å². The van der Waals surface area contributed by atoms with Gasteiger partial charge in [0.05, 0.1) is 6.04 Å². The lowest BCUT2D eigenvalue weighted by Crippen LogP contribution is -2.21. The van der Waals surface area contributed by atoms with Crippen LogP contribution in [0.2, 0.25) is 0 Å². The van der Waals surface area contributed by atoms with Crippen LogP contribution in [0.25, 0.3) is 10.6 Å². The van der Waals surface area contributed by atoms with E-state index < -0.39 is 0 Å². The van der Waals surface area contributed by atoms with Crippen LogP contribution in [-0.4, -0.2) is 16.7 Å². The van der Waals surface area contributed by atoms with Crippen molar-refractivity contribution >= 4 is 11.3 Å². The van der Waals surface area contributed by atoms with E-state index in [0.29, 0.717) is 6.04 Å². The van der Waals surface area contributed by atoms with Crippen molar-refractivity contribution < 1.29 is 0 Å².